The summed E-state index contributed by atoms with van der Waals surface area (Å²) in [7, 11) is -3.64. The largest absolute Gasteiger partial charge is 0.390 e. The van der Waals surface area contributed by atoms with Gasteiger partial charge in [-0.2, -0.15) is 0 Å². The van der Waals surface area contributed by atoms with Crippen LogP contribution in [-0.4, -0.2) is 73.7 Å². The van der Waals surface area contributed by atoms with Crippen molar-refractivity contribution < 1.29 is 37.7 Å². The molecule has 1 saturated heterocycles. The lowest BCUT2D eigenvalue weighted by Gasteiger charge is -2.33. The van der Waals surface area contributed by atoms with E-state index in [1.807, 2.05) is 13.8 Å². The number of rotatable bonds is 24. The maximum Gasteiger partial charge on any atom is 0.327 e. The molecule has 1 heterocycles. The number of ether oxygens (including phenoxy) is 3. The number of amides is 1. The second-order valence-corrected chi connectivity index (χ2v) is 17.0. The van der Waals surface area contributed by atoms with Crippen molar-refractivity contribution in [1.82, 2.24) is 5.32 Å². The maximum absolute atomic E-state index is 13.4. The zero-order valence-corrected chi connectivity index (χ0v) is 39.3. The molecular formula is C54H60NO8P. The normalized spacial score (nSPS) is 14.5. The fourth-order valence-electron chi connectivity index (χ4n) is 5.64. The van der Waals surface area contributed by atoms with Crippen LogP contribution in [0.25, 0.3) is 0 Å². The van der Waals surface area contributed by atoms with E-state index < -0.39 is 43.6 Å². The summed E-state index contributed by atoms with van der Waals surface area (Å²) in [6.07, 6.45) is 12.2. The molecule has 0 aliphatic carbocycles. The third-order valence-corrected chi connectivity index (χ3v) is 9.78. The molecule has 0 aromatic carbocycles. The summed E-state index contributed by atoms with van der Waals surface area (Å²) in [6, 6.07) is -0.934. The second-order valence-electron chi connectivity index (χ2n) is 14.9. The van der Waals surface area contributed by atoms with Crippen LogP contribution in [0.1, 0.15) is 125 Å². The summed E-state index contributed by atoms with van der Waals surface area (Å²) in [5.41, 5.74) is 0. The lowest BCUT2D eigenvalue weighted by Crippen LogP contribution is -2.52. The van der Waals surface area contributed by atoms with Gasteiger partial charge in [0.25, 0.3) is 5.91 Å². The second kappa shape index (κ2) is 36.6. The number of aliphatic hydroxyl groups excluding tert-OH is 1. The monoisotopic (exact) mass is 881 g/mol. The molecule has 0 bridgehead atoms. The minimum absolute atomic E-state index is 0.0160. The van der Waals surface area contributed by atoms with E-state index in [0.29, 0.717) is 6.42 Å². The van der Waals surface area contributed by atoms with Gasteiger partial charge in [-0.1, -0.05) is 89.9 Å². The standard InChI is InChI=1S/C54H60NO8P/c1-8-10-12-14-16-18-20-22-23-24-25-26-27-28-29-30-31-32-34-36-38-40-42-44-52(57)55-50(47-61-64(7,58)60-46-49-45-59-54(5,6)63-49)53(62-48(3)4)51(56)43-41-39-37-35-33-21-19-17-15-13-11-9-2/h48-51,53,56H,9,11,13,15,17,19,21,33,35,37,39,41,43,45-47H2,1-7H3,(H,55,57)/t49-,50+,51-,53+,64?/m1/s1. The first kappa shape index (κ1) is 56.2. The van der Waals surface area contributed by atoms with Gasteiger partial charge >= 0.3 is 7.60 Å². The summed E-state index contributed by atoms with van der Waals surface area (Å²) < 4.78 is 42.2. The molecule has 0 aromatic rings. The highest BCUT2D eigenvalue weighted by Crippen LogP contribution is 2.44. The summed E-state index contributed by atoms with van der Waals surface area (Å²) in [4.78, 5) is 13.0. The number of aliphatic hydroxyl groups is 1. The molecule has 0 radical (unpaired) electrons. The molecule has 0 aromatic heterocycles. The number of hydrogen-bond acceptors (Lipinski definition) is 8. The predicted molar refractivity (Wildman–Crippen MR) is 253 cm³/mol. The number of unbranched alkanes of at least 4 members (excludes halogenated alkanes) is 11. The van der Waals surface area contributed by atoms with E-state index in [1.165, 1.54) is 58.0 Å². The average molecular weight is 882 g/mol. The van der Waals surface area contributed by atoms with Gasteiger partial charge in [0.2, 0.25) is 0 Å². The van der Waals surface area contributed by atoms with Crippen molar-refractivity contribution >= 4 is 13.5 Å². The number of nitrogens with one attached hydrogen (secondary N) is 1. The van der Waals surface area contributed by atoms with Crippen LogP contribution in [0.4, 0.5) is 0 Å². The molecule has 1 unspecified atom stereocenters. The summed E-state index contributed by atoms with van der Waals surface area (Å²) >= 11 is 0. The van der Waals surface area contributed by atoms with Crippen LogP contribution in [-0.2, 0) is 32.6 Å². The van der Waals surface area contributed by atoms with E-state index >= 15 is 0 Å². The van der Waals surface area contributed by atoms with Crippen LogP contribution >= 0.6 is 7.60 Å². The zero-order valence-electron chi connectivity index (χ0n) is 38.5. The van der Waals surface area contributed by atoms with Crippen molar-refractivity contribution in [2.24, 2.45) is 0 Å². The lowest BCUT2D eigenvalue weighted by atomic mass is 9.99. The van der Waals surface area contributed by atoms with Gasteiger partial charge in [-0.15, -0.1) is 0 Å². The molecule has 5 atom stereocenters. The molecular weight excluding hydrogens is 822 g/mol. The van der Waals surface area contributed by atoms with Crippen LogP contribution in [0.2, 0.25) is 0 Å². The average Bonchev–Trinajstić information content (AvgIpc) is 3.62. The molecule has 10 heteroatoms. The van der Waals surface area contributed by atoms with Gasteiger partial charge in [-0.05, 0) is 136 Å². The van der Waals surface area contributed by atoms with Crippen LogP contribution < -0.4 is 5.32 Å². The smallest absolute Gasteiger partial charge is 0.327 e. The van der Waals surface area contributed by atoms with Gasteiger partial charge in [0.15, 0.2) is 5.79 Å². The summed E-state index contributed by atoms with van der Waals surface area (Å²) in [6.45, 7) is 12.5. The number of carbonyl (C=O) groups excluding carboxylic acids is 1. The van der Waals surface area contributed by atoms with Crippen LogP contribution in [0.3, 0.4) is 0 Å². The first-order chi connectivity index (χ1) is 30.9. The van der Waals surface area contributed by atoms with Gasteiger partial charge in [0.05, 0.1) is 38.1 Å². The van der Waals surface area contributed by atoms with Crippen LogP contribution in [0.5, 0.6) is 0 Å². The van der Waals surface area contributed by atoms with Crippen molar-refractivity contribution in [3.63, 3.8) is 0 Å². The fourth-order valence-corrected chi connectivity index (χ4v) is 6.58. The quantitative estimate of drug-likeness (QED) is 0.0621. The third kappa shape index (κ3) is 32.8. The van der Waals surface area contributed by atoms with Gasteiger partial charge < -0.3 is 33.7 Å². The van der Waals surface area contributed by atoms with E-state index in [2.05, 4.69) is 154 Å². The molecule has 0 spiro atoms. The number of carbonyl (C=O) groups is 1. The Kier molecular flexibility index (Phi) is 32.2. The van der Waals surface area contributed by atoms with Crippen LogP contribution in [0, 0.1) is 142 Å². The van der Waals surface area contributed by atoms with Crippen molar-refractivity contribution in [1.29, 1.82) is 0 Å². The topological polar surface area (TPSA) is 113 Å². The van der Waals surface area contributed by atoms with Gasteiger partial charge in [0.1, 0.15) is 12.2 Å². The Bertz CT molecular complexity index is 2330. The van der Waals surface area contributed by atoms with E-state index in [0.717, 1.165) is 25.7 Å². The minimum Gasteiger partial charge on any atom is -0.390 e. The van der Waals surface area contributed by atoms with E-state index in [4.69, 9.17) is 23.3 Å². The Labute approximate surface area is 385 Å². The van der Waals surface area contributed by atoms with Crippen LogP contribution in [0.15, 0.2) is 0 Å². The first-order valence-corrected chi connectivity index (χ1v) is 23.6. The molecule has 1 fully saturated rings. The molecule has 1 amide bonds. The highest BCUT2D eigenvalue weighted by Gasteiger charge is 2.36. The van der Waals surface area contributed by atoms with Crippen molar-refractivity contribution in [3.05, 3.63) is 0 Å². The van der Waals surface area contributed by atoms with Gasteiger partial charge in [-0.25, -0.2) is 0 Å². The van der Waals surface area contributed by atoms with Crippen molar-refractivity contribution in [2.75, 3.05) is 26.5 Å². The van der Waals surface area contributed by atoms with Crippen molar-refractivity contribution in [2.45, 2.75) is 161 Å². The molecule has 1 rings (SSSR count). The highest BCUT2D eigenvalue weighted by atomic mass is 31.2. The maximum atomic E-state index is 13.4. The summed E-state index contributed by atoms with van der Waals surface area (Å²) in [5, 5.41) is 14.2. The van der Waals surface area contributed by atoms with Crippen molar-refractivity contribution in [3.8, 4) is 142 Å². The fraction of sp³-hybridized carbons (Fsp3) is 0.537. The molecule has 2 N–H and O–H groups in total. The summed E-state index contributed by atoms with van der Waals surface area (Å²) in [5.74, 6) is 58.9. The molecule has 64 heavy (non-hydrogen) atoms. The minimum atomic E-state index is -3.64. The lowest BCUT2D eigenvalue weighted by molar-refractivity contribution is -0.141. The molecule has 1 aliphatic rings. The molecule has 0 saturated carbocycles. The van der Waals surface area contributed by atoms with Gasteiger partial charge in [-0.3, -0.25) is 9.36 Å². The van der Waals surface area contributed by atoms with E-state index in [9.17, 15) is 14.5 Å². The first-order valence-electron chi connectivity index (χ1n) is 21.6. The van der Waals surface area contributed by atoms with E-state index in [-0.39, 0.29) is 25.9 Å². The molecule has 9 nitrogen and oxygen atoms in total. The molecule has 334 valence electrons. The highest BCUT2D eigenvalue weighted by molar-refractivity contribution is 7.52. The number of hydrogen-bond donors (Lipinski definition) is 2. The Balaban J connectivity index is 2.88. The van der Waals surface area contributed by atoms with Gasteiger partial charge in [0, 0.05) is 48.1 Å². The SMILES string of the molecule is CC#CC#CC#CC#CC#CC#CC#CC#CC#CC#CC#CC#CC(=O)N[C@@H](COP(C)(=O)OC[C@H]1COC(C)(C)O1)[C@H](OC(C)C)[C@H](O)CCCCCCCCCCCCCC. The Hall–Kier alpha value is -5.82. The Morgan fingerprint density at radius 2 is 1.11 bits per heavy atom. The predicted octanol–water partition coefficient (Wildman–Crippen LogP) is 6.79. The zero-order chi connectivity index (χ0) is 47.0. The third-order valence-electron chi connectivity index (χ3n) is 8.54. The Morgan fingerprint density at radius 1 is 0.688 bits per heavy atom. The van der Waals surface area contributed by atoms with E-state index in [1.54, 1.807) is 20.8 Å². The Morgan fingerprint density at radius 3 is 1.52 bits per heavy atom. The molecule has 1 aliphatic heterocycles.